The molecule has 0 aliphatic carbocycles. The van der Waals surface area contributed by atoms with Crippen LogP contribution in [0.3, 0.4) is 0 Å². The van der Waals surface area contributed by atoms with Gasteiger partial charge >= 0.3 is 5.97 Å². The van der Waals surface area contributed by atoms with E-state index in [9.17, 15) is 4.79 Å². The highest BCUT2D eigenvalue weighted by molar-refractivity contribution is 5.93. The van der Waals surface area contributed by atoms with E-state index in [1.165, 1.54) is 0 Å². The highest BCUT2D eigenvalue weighted by Gasteiger charge is 2.16. The molecule has 20 heavy (non-hydrogen) atoms. The highest BCUT2D eigenvalue weighted by atomic mass is 16.5. The summed E-state index contributed by atoms with van der Waals surface area (Å²) in [4.78, 5) is 14.0. The van der Waals surface area contributed by atoms with E-state index < -0.39 is 0 Å². The van der Waals surface area contributed by atoms with E-state index in [1.54, 1.807) is 31.2 Å². The van der Waals surface area contributed by atoms with E-state index in [0.717, 1.165) is 18.7 Å². The van der Waals surface area contributed by atoms with E-state index in [0.29, 0.717) is 17.9 Å². The zero-order valence-corrected chi connectivity index (χ0v) is 12.2. The quantitative estimate of drug-likeness (QED) is 0.590. The van der Waals surface area contributed by atoms with Crippen LogP contribution in [-0.2, 0) is 9.53 Å². The molecule has 0 N–H and O–H groups in total. The van der Waals surface area contributed by atoms with Crippen LogP contribution in [0.2, 0.25) is 0 Å². The molecule has 4 nitrogen and oxygen atoms in total. The largest absolute Gasteiger partial charge is 0.461 e. The van der Waals surface area contributed by atoms with Crippen molar-refractivity contribution in [1.82, 2.24) is 4.90 Å². The third kappa shape index (κ3) is 4.13. The van der Waals surface area contributed by atoms with Crippen molar-refractivity contribution in [3.05, 3.63) is 41.1 Å². The fourth-order valence-electron chi connectivity index (χ4n) is 1.90. The first-order valence-electron chi connectivity index (χ1n) is 6.80. The van der Waals surface area contributed by atoms with Crippen molar-refractivity contribution >= 4 is 12.0 Å². The first-order valence-corrected chi connectivity index (χ1v) is 6.80. The predicted molar refractivity (Wildman–Crippen MR) is 78.7 cm³/mol. The lowest BCUT2D eigenvalue weighted by Gasteiger charge is -2.23. The summed E-state index contributed by atoms with van der Waals surface area (Å²) < 4.78 is 5.10. The number of benzene rings is 1. The monoisotopic (exact) mass is 272 g/mol. The molecule has 0 aliphatic heterocycles. The smallest absolute Gasteiger partial charge is 0.354 e. The van der Waals surface area contributed by atoms with Gasteiger partial charge in [-0.3, -0.25) is 0 Å². The molecular weight excluding hydrogens is 252 g/mol. The Balaban J connectivity index is 3.17. The lowest BCUT2D eigenvalue weighted by Crippen LogP contribution is -2.28. The van der Waals surface area contributed by atoms with Gasteiger partial charge in [0.15, 0.2) is 0 Å². The van der Waals surface area contributed by atoms with Gasteiger partial charge in [0.1, 0.15) is 5.70 Å². The van der Waals surface area contributed by atoms with Crippen molar-refractivity contribution in [2.24, 2.45) is 0 Å². The third-order valence-corrected chi connectivity index (χ3v) is 2.91. The average molecular weight is 272 g/mol. The topological polar surface area (TPSA) is 53.3 Å². The maximum Gasteiger partial charge on any atom is 0.354 e. The van der Waals surface area contributed by atoms with Gasteiger partial charge in [-0.25, -0.2) is 4.79 Å². The second-order valence-electron chi connectivity index (χ2n) is 4.16. The van der Waals surface area contributed by atoms with Gasteiger partial charge in [0, 0.05) is 13.1 Å². The van der Waals surface area contributed by atoms with Crippen molar-refractivity contribution in [2.45, 2.75) is 20.8 Å². The summed E-state index contributed by atoms with van der Waals surface area (Å²) in [6, 6.07) is 9.25. The fourth-order valence-corrected chi connectivity index (χ4v) is 1.90. The molecule has 4 heteroatoms. The Hall–Kier alpha value is -2.28. The molecule has 0 fully saturated rings. The van der Waals surface area contributed by atoms with Crippen LogP contribution in [0.5, 0.6) is 0 Å². The molecule has 0 spiro atoms. The summed E-state index contributed by atoms with van der Waals surface area (Å²) in [5, 5.41) is 8.92. The average Bonchev–Trinajstić information content (AvgIpc) is 2.48. The second kappa shape index (κ2) is 8.00. The zero-order valence-electron chi connectivity index (χ0n) is 12.2. The van der Waals surface area contributed by atoms with Gasteiger partial charge < -0.3 is 9.64 Å². The number of carbonyl (C=O) groups excluding carboxylic acids is 1. The summed E-state index contributed by atoms with van der Waals surface area (Å²) in [6.45, 7) is 7.55. The molecule has 0 heterocycles. The summed E-state index contributed by atoms with van der Waals surface area (Å²) in [5.41, 5.74) is 1.91. The van der Waals surface area contributed by atoms with Crippen LogP contribution in [0.4, 0.5) is 0 Å². The molecule has 0 saturated carbocycles. The Morgan fingerprint density at radius 1 is 1.35 bits per heavy atom. The molecule has 1 rings (SSSR count). The van der Waals surface area contributed by atoms with Gasteiger partial charge in [-0.05, 0) is 44.5 Å². The van der Waals surface area contributed by atoms with Crippen LogP contribution in [0, 0.1) is 11.3 Å². The number of hydrogen-bond acceptors (Lipinski definition) is 4. The molecule has 0 aliphatic rings. The van der Waals surface area contributed by atoms with Crippen LogP contribution in [0.15, 0.2) is 30.0 Å². The van der Waals surface area contributed by atoms with E-state index in [1.807, 2.05) is 24.8 Å². The maximum atomic E-state index is 12.1. The lowest BCUT2D eigenvalue weighted by atomic mass is 10.1. The number of nitrogens with zero attached hydrogens (tertiary/aromatic N) is 2. The van der Waals surface area contributed by atoms with Crippen molar-refractivity contribution in [3.8, 4) is 6.07 Å². The SMILES string of the molecule is CCOC(=O)C(=Cc1cccc(C#N)c1)N(CC)CC. The molecular formula is C16H20N2O2. The molecule has 0 atom stereocenters. The molecule has 1 aromatic carbocycles. The van der Waals surface area contributed by atoms with Crippen LogP contribution in [-0.4, -0.2) is 30.6 Å². The minimum atomic E-state index is -0.335. The molecule has 0 bridgehead atoms. The van der Waals surface area contributed by atoms with Gasteiger partial charge in [-0.15, -0.1) is 0 Å². The van der Waals surface area contributed by atoms with Crippen LogP contribution in [0.25, 0.3) is 6.08 Å². The normalized spacial score (nSPS) is 10.8. The number of likely N-dealkylation sites (N-methyl/N-ethyl adjacent to an activating group) is 1. The van der Waals surface area contributed by atoms with Gasteiger partial charge in [0.05, 0.1) is 18.2 Å². The van der Waals surface area contributed by atoms with E-state index >= 15 is 0 Å². The van der Waals surface area contributed by atoms with E-state index in [-0.39, 0.29) is 5.97 Å². The number of ether oxygens (including phenoxy) is 1. The van der Waals surface area contributed by atoms with Gasteiger partial charge in [-0.1, -0.05) is 12.1 Å². The number of rotatable bonds is 6. The molecule has 1 aromatic rings. The van der Waals surface area contributed by atoms with Crippen molar-refractivity contribution in [2.75, 3.05) is 19.7 Å². The van der Waals surface area contributed by atoms with Crippen molar-refractivity contribution < 1.29 is 9.53 Å². The number of carbonyl (C=O) groups is 1. The molecule has 0 unspecified atom stereocenters. The van der Waals surface area contributed by atoms with Crippen LogP contribution in [0.1, 0.15) is 31.9 Å². The van der Waals surface area contributed by atoms with Gasteiger partial charge in [-0.2, -0.15) is 5.26 Å². The zero-order chi connectivity index (χ0) is 15.0. The highest BCUT2D eigenvalue weighted by Crippen LogP contribution is 2.14. The summed E-state index contributed by atoms with van der Waals surface area (Å²) in [5.74, 6) is -0.335. The summed E-state index contributed by atoms with van der Waals surface area (Å²) in [6.07, 6.45) is 1.77. The summed E-state index contributed by atoms with van der Waals surface area (Å²) in [7, 11) is 0. The Morgan fingerprint density at radius 3 is 2.60 bits per heavy atom. The standard InChI is InChI=1S/C16H20N2O2/c1-4-18(5-2)15(16(19)20-6-3)11-13-8-7-9-14(10-13)12-17/h7-11H,4-6H2,1-3H3. The van der Waals surface area contributed by atoms with E-state index in [4.69, 9.17) is 10.00 Å². The van der Waals surface area contributed by atoms with Crippen LogP contribution >= 0.6 is 0 Å². The van der Waals surface area contributed by atoms with Gasteiger partial charge in [0.25, 0.3) is 0 Å². The predicted octanol–water partition coefficient (Wildman–Crippen LogP) is 2.80. The molecule has 0 radical (unpaired) electrons. The third-order valence-electron chi connectivity index (χ3n) is 2.91. The summed E-state index contributed by atoms with van der Waals surface area (Å²) >= 11 is 0. The molecule has 0 saturated heterocycles. The lowest BCUT2D eigenvalue weighted by molar-refractivity contribution is -0.140. The fraction of sp³-hybridized carbons (Fsp3) is 0.375. The maximum absolute atomic E-state index is 12.1. The van der Waals surface area contributed by atoms with Gasteiger partial charge in [0.2, 0.25) is 0 Å². The van der Waals surface area contributed by atoms with Crippen LogP contribution < -0.4 is 0 Å². The second-order valence-corrected chi connectivity index (χ2v) is 4.16. The molecule has 106 valence electrons. The number of hydrogen-bond donors (Lipinski definition) is 0. The minimum Gasteiger partial charge on any atom is -0.461 e. The van der Waals surface area contributed by atoms with E-state index in [2.05, 4.69) is 6.07 Å². The van der Waals surface area contributed by atoms with Crippen molar-refractivity contribution in [1.29, 1.82) is 5.26 Å². The first-order chi connectivity index (χ1) is 9.65. The Morgan fingerprint density at radius 2 is 2.05 bits per heavy atom. The minimum absolute atomic E-state index is 0.335. The Bertz CT molecular complexity index is 526. The number of nitriles is 1. The van der Waals surface area contributed by atoms with Crippen molar-refractivity contribution in [3.63, 3.8) is 0 Å². The number of esters is 1. The first kappa shape index (κ1) is 15.8. The Labute approximate surface area is 120 Å². The molecule has 0 aromatic heterocycles. The molecule has 0 amide bonds. The Kier molecular flexibility index (Phi) is 6.31.